The molecule has 1 heterocycles. The second kappa shape index (κ2) is 7.99. The Labute approximate surface area is 181 Å². The molecule has 1 aromatic heterocycles. The molecule has 3 nitrogen and oxygen atoms in total. The summed E-state index contributed by atoms with van der Waals surface area (Å²) in [6.07, 6.45) is 0. The van der Waals surface area contributed by atoms with Crippen LogP contribution in [0, 0.1) is 5.82 Å². The van der Waals surface area contributed by atoms with E-state index >= 15 is 0 Å². The van der Waals surface area contributed by atoms with E-state index in [2.05, 4.69) is 57.8 Å². The standard InChI is InChI=1S/C24H25FN3.BrH/c1-26(2)18-10-12-20-22(14-18)28(5)23-15-19(27(3)4)11-13-21(23)24(20)16-6-8-17(25)9-7-16;/h6-15H,1-5H3;1H/q+1;/p-1. The summed E-state index contributed by atoms with van der Waals surface area (Å²) in [5, 5.41) is 2.31. The molecule has 0 atom stereocenters. The van der Waals surface area contributed by atoms with Crippen molar-refractivity contribution in [3.05, 3.63) is 66.5 Å². The molecule has 0 fully saturated rings. The predicted molar refractivity (Wildman–Crippen MR) is 117 cm³/mol. The lowest BCUT2D eigenvalue weighted by Gasteiger charge is -2.17. The first-order chi connectivity index (χ1) is 13.4. The summed E-state index contributed by atoms with van der Waals surface area (Å²) in [5.41, 5.74) is 6.75. The molecular formula is C24H25BrFN3. The molecule has 0 radical (unpaired) electrons. The van der Waals surface area contributed by atoms with Gasteiger partial charge in [0.25, 0.3) is 0 Å². The van der Waals surface area contributed by atoms with Crippen LogP contribution < -0.4 is 31.3 Å². The van der Waals surface area contributed by atoms with Crippen LogP contribution in [0.1, 0.15) is 0 Å². The van der Waals surface area contributed by atoms with E-state index < -0.39 is 0 Å². The fourth-order valence-corrected chi connectivity index (χ4v) is 3.78. The highest BCUT2D eigenvalue weighted by Crippen LogP contribution is 2.36. The minimum absolute atomic E-state index is 0. The fourth-order valence-electron chi connectivity index (χ4n) is 3.78. The van der Waals surface area contributed by atoms with Gasteiger partial charge in [0, 0.05) is 57.3 Å². The Morgan fingerprint density at radius 3 is 1.55 bits per heavy atom. The zero-order chi connectivity index (χ0) is 20.0. The Kier molecular flexibility index (Phi) is 5.80. The largest absolute Gasteiger partial charge is 1.00 e. The zero-order valence-corrected chi connectivity index (χ0v) is 19.0. The van der Waals surface area contributed by atoms with Crippen molar-refractivity contribution < 1.29 is 25.9 Å². The van der Waals surface area contributed by atoms with Gasteiger partial charge in [0.1, 0.15) is 12.9 Å². The van der Waals surface area contributed by atoms with Crippen LogP contribution in [0.2, 0.25) is 0 Å². The van der Waals surface area contributed by atoms with Crippen molar-refractivity contribution in [3.8, 4) is 11.1 Å². The smallest absolute Gasteiger partial charge is 0.215 e. The summed E-state index contributed by atoms with van der Waals surface area (Å²) >= 11 is 0. The number of hydrogen-bond donors (Lipinski definition) is 0. The van der Waals surface area contributed by atoms with Crippen LogP contribution >= 0.6 is 0 Å². The molecule has 150 valence electrons. The summed E-state index contributed by atoms with van der Waals surface area (Å²) in [7, 11) is 10.3. The van der Waals surface area contributed by atoms with Gasteiger partial charge in [0.15, 0.2) is 0 Å². The number of fused-ring (bicyclic) bond motifs is 2. The number of rotatable bonds is 3. The van der Waals surface area contributed by atoms with Crippen molar-refractivity contribution in [2.75, 3.05) is 38.0 Å². The van der Waals surface area contributed by atoms with Crippen LogP contribution in [-0.4, -0.2) is 28.2 Å². The van der Waals surface area contributed by atoms with Crippen LogP contribution in [-0.2, 0) is 7.05 Å². The third-order valence-corrected chi connectivity index (χ3v) is 5.39. The molecule has 5 heteroatoms. The highest BCUT2D eigenvalue weighted by molar-refractivity contribution is 6.08. The van der Waals surface area contributed by atoms with Crippen LogP contribution in [0.25, 0.3) is 32.9 Å². The lowest BCUT2D eigenvalue weighted by Crippen LogP contribution is -3.00. The zero-order valence-electron chi connectivity index (χ0n) is 17.4. The van der Waals surface area contributed by atoms with Crippen molar-refractivity contribution in [3.63, 3.8) is 0 Å². The first-order valence-electron chi connectivity index (χ1n) is 9.37. The van der Waals surface area contributed by atoms with E-state index in [9.17, 15) is 4.39 Å². The summed E-state index contributed by atoms with van der Waals surface area (Å²) in [5.74, 6) is -0.219. The molecule has 0 N–H and O–H groups in total. The lowest BCUT2D eigenvalue weighted by molar-refractivity contribution is -0.617. The average molecular weight is 454 g/mol. The second-order valence-electron chi connectivity index (χ2n) is 7.63. The van der Waals surface area contributed by atoms with Gasteiger partial charge in [-0.25, -0.2) is 4.39 Å². The quantitative estimate of drug-likeness (QED) is 0.345. The van der Waals surface area contributed by atoms with Gasteiger partial charge in [0.05, 0.1) is 10.8 Å². The van der Waals surface area contributed by atoms with Gasteiger partial charge in [-0.1, -0.05) is 12.1 Å². The molecule has 0 aliphatic heterocycles. The first-order valence-corrected chi connectivity index (χ1v) is 9.37. The van der Waals surface area contributed by atoms with Gasteiger partial charge in [-0.3, -0.25) is 0 Å². The van der Waals surface area contributed by atoms with Gasteiger partial charge in [-0.15, -0.1) is 0 Å². The number of nitrogens with zero attached hydrogens (tertiary/aromatic N) is 3. The van der Waals surface area contributed by atoms with E-state index in [1.54, 1.807) is 0 Å². The summed E-state index contributed by atoms with van der Waals surface area (Å²) in [4.78, 5) is 4.22. The number of aromatic nitrogens is 1. The Morgan fingerprint density at radius 1 is 0.690 bits per heavy atom. The molecule has 0 saturated heterocycles. The Hall–Kier alpha value is -2.66. The molecule has 3 aromatic carbocycles. The number of pyridine rings is 1. The number of hydrogen-bond acceptors (Lipinski definition) is 2. The molecule has 29 heavy (non-hydrogen) atoms. The molecule has 0 spiro atoms. The van der Waals surface area contributed by atoms with Crippen molar-refractivity contribution in [2.24, 2.45) is 7.05 Å². The van der Waals surface area contributed by atoms with E-state index in [-0.39, 0.29) is 22.8 Å². The highest BCUT2D eigenvalue weighted by atomic mass is 79.9. The maximum atomic E-state index is 13.6. The molecule has 4 rings (SSSR count). The summed E-state index contributed by atoms with van der Waals surface area (Å²) < 4.78 is 15.8. The first kappa shape index (κ1) is 21.1. The lowest BCUT2D eigenvalue weighted by atomic mass is 9.95. The topological polar surface area (TPSA) is 10.4 Å². The van der Waals surface area contributed by atoms with Crippen LogP contribution in [0.3, 0.4) is 0 Å². The van der Waals surface area contributed by atoms with Crippen molar-refractivity contribution in [1.29, 1.82) is 0 Å². The molecule has 0 aliphatic carbocycles. The average Bonchev–Trinajstić information content (AvgIpc) is 2.69. The second-order valence-corrected chi connectivity index (χ2v) is 7.63. The highest BCUT2D eigenvalue weighted by Gasteiger charge is 2.20. The third kappa shape index (κ3) is 3.67. The maximum Gasteiger partial charge on any atom is 0.215 e. The monoisotopic (exact) mass is 453 g/mol. The number of halogens is 2. The van der Waals surface area contributed by atoms with Gasteiger partial charge < -0.3 is 26.8 Å². The molecule has 0 aliphatic rings. The summed E-state index contributed by atoms with van der Waals surface area (Å²) in [6.45, 7) is 0. The minimum Gasteiger partial charge on any atom is -1.00 e. The number of benzene rings is 3. The van der Waals surface area contributed by atoms with E-state index in [1.165, 1.54) is 12.1 Å². The van der Waals surface area contributed by atoms with Crippen LogP contribution in [0.4, 0.5) is 15.8 Å². The van der Waals surface area contributed by atoms with E-state index in [1.807, 2.05) is 40.3 Å². The van der Waals surface area contributed by atoms with Crippen molar-refractivity contribution >= 4 is 33.2 Å². The van der Waals surface area contributed by atoms with E-state index in [0.717, 1.165) is 44.3 Å². The summed E-state index contributed by atoms with van der Waals surface area (Å²) in [6, 6.07) is 19.8. The number of anilines is 2. The number of aryl methyl sites for hydroxylation is 1. The molecule has 0 saturated carbocycles. The molecule has 4 aromatic rings. The minimum atomic E-state index is -0.219. The van der Waals surface area contributed by atoms with Crippen LogP contribution in [0.5, 0.6) is 0 Å². The molecular weight excluding hydrogens is 429 g/mol. The maximum absolute atomic E-state index is 13.6. The van der Waals surface area contributed by atoms with E-state index in [0.29, 0.717) is 0 Å². The van der Waals surface area contributed by atoms with Gasteiger partial charge >= 0.3 is 0 Å². The van der Waals surface area contributed by atoms with Crippen molar-refractivity contribution in [1.82, 2.24) is 0 Å². The normalized spacial score (nSPS) is 10.8. The molecule has 0 bridgehead atoms. The van der Waals surface area contributed by atoms with Crippen molar-refractivity contribution in [2.45, 2.75) is 0 Å². The predicted octanol–water partition coefficient (Wildman–Crippen LogP) is 1.76. The molecule has 0 unspecified atom stereocenters. The Bertz CT molecular complexity index is 1120. The third-order valence-electron chi connectivity index (χ3n) is 5.39. The Morgan fingerprint density at radius 2 is 1.14 bits per heavy atom. The van der Waals surface area contributed by atoms with Gasteiger partial charge in [-0.05, 0) is 42.0 Å². The van der Waals surface area contributed by atoms with Gasteiger partial charge in [-0.2, -0.15) is 4.57 Å². The fraction of sp³-hybridized carbons (Fsp3) is 0.208. The van der Waals surface area contributed by atoms with Gasteiger partial charge in [0.2, 0.25) is 11.0 Å². The van der Waals surface area contributed by atoms with Crippen LogP contribution in [0.15, 0.2) is 60.7 Å². The SMILES string of the molecule is CN(C)c1ccc2c(-c3ccc(F)cc3)c3ccc(N(C)C)cc3[n+](C)c2c1.[Br-]. The van der Waals surface area contributed by atoms with E-state index in [4.69, 9.17) is 0 Å². The molecule has 0 amide bonds. The Balaban J connectivity index is 0.00000240.